The van der Waals surface area contributed by atoms with E-state index in [1.54, 1.807) is 12.1 Å². The lowest BCUT2D eigenvalue weighted by Gasteiger charge is -2.28. The van der Waals surface area contributed by atoms with Crippen LogP contribution in [0.15, 0.2) is 30.0 Å². The number of carbonyl (C=O) groups is 2. The van der Waals surface area contributed by atoms with Crippen LogP contribution in [0.5, 0.6) is 0 Å². The first kappa shape index (κ1) is 19.2. The number of nitro groups is 1. The van der Waals surface area contributed by atoms with Gasteiger partial charge in [0, 0.05) is 24.8 Å². The Morgan fingerprint density at radius 2 is 1.88 bits per heavy atom. The minimum Gasteiger partial charge on any atom is -0.466 e. The van der Waals surface area contributed by atoms with Gasteiger partial charge in [0.2, 0.25) is 0 Å². The number of carbonyl (C=O) groups excluding carboxylic acids is 2. The van der Waals surface area contributed by atoms with Gasteiger partial charge in [0.15, 0.2) is 0 Å². The van der Waals surface area contributed by atoms with Crippen molar-refractivity contribution in [2.24, 2.45) is 0 Å². The highest BCUT2D eigenvalue weighted by Gasteiger charge is 2.22. The molecule has 0 bridgehead atoms. The van der Waals surface area contributed by atoms with E-state index in [1.807, 2.05) is 4.90 Å². The third-order valence-electron chi connectivity index (χ3n) is 4.02. The zero-order chi connectivity index (χ0) is 19.1. The molecule has 0 aromatic heterocycles. The van der Waals surface area contributed by atoms with E-state index in [4.69, 9.17) is 0 Å². The maximum atomic E-state index is 11.8. The van der Waals surface area contributed by atoms with Gasteiger partial charge in [0.25, 0.3) is 5.69 Å². The number of hydrogen-bond acceptors (Lipinski definition) is 8. The summed E-state index contributed by atoms with van der Waals surface area (Å²) in [6.07, 6.45) is 4.03. The Bertz CT molecular complexity index is 725. The molecule has 1 aromatic carbocycles. The highest BCUT2D eigenvalue weighted by molar-refractivity contribution is 5.98. The number of anilines is 2. The van der Waals surface area contributed by atoms with Gasteiger partial charge in [0.1, 0.15) is 11.4 Å². The van der Waals surface area contributed by atoms with Crippen molar-refractivity contribution in [2.75, 3.05) is 37.5 Å². The molecule has 1 N–H and O–H groups in total. The molecule has 1 aliphatic heterocycles. The summed E-state index contributed by atoms with van der Waals surface area (Å²) in [5.41, 5.74) is 0.577. The molecule has 0 spiro atoms. The zero-order valence-corrected chi connectivity index (χ0v) is 14.7. The number of nitrogens with one attached hydrogen (secondary N) is 1. The maximum absolute atomic E-state index is 11.8. The second-order valence-corrected chi connectivity index (χ2v) is 5.71. The summed E-state index contributed by atoms with van der Waals surface area (Å²) in [5.74, 6) is -1.55. The largest absolute Gasteiger partial charge is 0.466 e. The summed E-state index contributed by atoms with van der Waals surface area (Å²) in [7, 11) is 2.34. The summed E-state index contributed by atoms with van der Waals surface area (Å²) in [4.78, 5) is 36.2. The lowest BCUT2D eigenvalue weighted by atomic mass is 10.1. The average molecular weight is 363 g/mol. The van der Waals surface area contributed by atoms with Gasteiger partial charge in [-0.25, -0.2) is 9.59 Å². The maximum Gasteiger partial charge on any atom is 0.354 e. The van der Waals surface area contributed by atoms with Gasteiger partial charge in [-0.15, -0.1) is 0 Å². The standard InChI is InChI=1S/C17H21N3O6/c1-25-16(21)11-13(17(22)26-2)18-12-6-7-14(15(10-12)20(23)24)19-8-4-3-5-9-19/h6-7,10-11,18H,3-5,8-9H2,1-2H3/b13-11+. The number of hydrogen-bond donors (Lipinski definition) is 1. The van der Waals surface area contributed by atoms with Crippen molar-refractivity contribution < 1.29 is 24.0 Å². The molecular formula is C17H21N3O6. The average Bonchev–Trinajstić information content (AvgIpc) is 2.67. The molecule has 0 atom stereocenters. The monoisotopic (exact) mass is 363 g/mol. The number of methoxy groups -OCH3 is 2. The molecule has 0 saturated carbocycles. The van der Waals surface area contributed by atoms with Gasteiger partial charge in [-0.2, -0.15) is 0 Å². The van der Waals surface area contributed by atoms with E-state index in [1.165, 1.54) is 13.2 Å². The molecule has 9 nitrogen and oxygen atoms in total. The molecular weight excluding hydrogens is 342 g/mol. The molecule has 1 heterocycles. The van der Waals surface area contributed by atoms with Crippen LogP contribution in [-0.4, -0.2) is 44.2 Å². The number of nitrogens with zero attached hydrogens (tertiary/aromatic N) is 2. The summed E-state index contributed by atoms with van der Waals surface area (Å²) in [6, 6.07) is 4.59. The van der Waals surface area contributed by atoms with Crippen LogP contribution in [-0.2, 0) is 19.1 Å². The van der Waals surface area contributed by atoms with Gasteiger partial charge in [-0.3, -0.25) is 10.1 Å². The number of ether oxygens (including phenoxy) is 2. The third kappa shape index (κ3) is 4.71. The van der Waals surface area contributed by atoms with Crippen LogP contribution in [0.4, 0.5) is 17.1 Å². The Kier molecular flexibility index (Phi) is 6.54. The predicted octanol–water partition coefficient (Wildman–Crippen LogP) is 2.23. The van der Waals surface area contributed by atoms with Gasteiger partial charge >= 0.3 is 11.9 Å². The molecule has 1 fully saturated rings. The Labute approximate surface area is 150 Å². The normalized spacial score (nSPS) is 14.5. The summed E-state index contributed by atoms with van der Waals surface area (Å²) < 4.78 is 9.10. The second kappa shape index (κ2) is 8.84. The van der Waals surface area contributed by atoms with Crippen LogP contribution in [0.2, 0.25) is 0 Å². The summed E-state index contributed by atoms with van der Waals surface area (Å²) in [5, 5.41) is 14.2. The topological polar surface area (TPSA) is 111 Å². The van der Waals surface area contributed by atoms with Gasteiger partial charge < -0.3 is 19.7 Å². The lowest BCUT2D eigenvalue weighted by Crippen LogP contribution is -2.29. The van der Waals surface area contributed by atoms with E-state index < -0.39 is 16.9 Å². The molecule has 26 heavy (non-hydrogen) atoms. The first-order valence-electron chi connectivity index (χ1n) is 8.14. The molecule has 9 heteroatoms. The quantitative estimate of drug-likeness (QED) is 0.354. The fourth-order valence-corrected chi connectivity index (χ4v) is 2.74. The molecule has 0 radical (unpaired) electrons. The first-order valence-corrected chi connectivity index (χ1v) is 8.14. The highest BCUT2D eigenvalue weighted by atomic mass is 16.6. The predicted molar refractivity (Wildman–Crippen MR) is 94.9 cm³/mol. The van der Waals surface area contributed by atoms with Crippen LogP contribution in [0.25, 0.3) is 0 Å². The molecule has 1 aliphatic rings. The van der Waals surface area contributed by atoms with Crippen molar-refractivity contribution in [2.45, 2.75) is 19.3 Å². The minimum absolute atomic E-state index is 0.0702. The molecule has 1 saturated heterocycles. The third-order valence-corrected chi connectivity index (χ3v) is 4.02. The SMILES string of the molecule is COC(=O)/C=C(/Nc1ccc(N2CCCCC2)c([N+](=O)[O-])c1)C(=O)OC. The highest BCUT2D eigenvalue weighted by Crippen LogP contribution is 2.33. The van der Waals surface area contributed by atoms with E-state index in [-0.39, 0.29) is 17.1 Å². The van der Waals surface area contributed by atoms with Crippen LogP contribution in [0, 0.1) is 10.1 Å². The van der Waals surface area contributed by atoms with Crippen molar-refractivity contribution in [3.05, 3.63) is 40.1 Å². The molecule has 1 aromatic rings. The summed E-state index contributed by atoms with van der Waals surface area (Å²) >= 11 is 0. The lowest BCUT2D eigenvalue weighted by molar-refractivity contribution is -0.384. The van der Waals surface area contributed by atoms with E-state index in [0.717, 1.165) is 45.5 Å². The Morgan fingerprint density at radius 1 is 1.19 bits per heavy atom. The number of nitro benzene ring substituents is 1. The van der Waals surface area contributed by atoms with Crippen molar-refractivity contribution >= 4 is 29.0 Å². The molecule has 2 rings (SSSR count). The van der Waals surface area contributed by atoms with E-state index in [0.29, 0.717) is 5.69 Å². The Balaban J connectivity index is 2.32. The van der Waals surface area contributed by atoms with Crippen molar-refractivity contribution in [3.8, 4) is 0 Å². The van der Waals surface area contributed by atoms with Gasteiger partial charge in [-0.05, 0) is 31.4 Å². The van der Waals surface area contributed by atoms with Crippen molar-refractivity contribution in [1.29, 1.82) is 0 Å². The van der Waals surface area contributed by atoms with Crippen LogP contribution >= 0.6 is 0 Å². The first-order chi connectivity index (χ1) is 12.5. The number of benzene rings is 1. The van der Waals surface area contributed by atoms with Crippen molar-refractivity contribution in [1.82, 2.24) is 0 Å². The van der Waals surface area contributed by atoms with Crippen LogP contribution < -0.4 is 10.2 Å². The fourth-order valence-electron chi connectivity index (χ4n) is 2.74. The van der Waals surface area contributed by atoms with E-state index in [2.05, 4.69) is 14.8 Å². The minimum atomic E-state index is -0.793. The molecule has 0 aliphatic carbocycles. The number of piperidine rings is 1. The van der Waals surface area contributed by atoms with E-state index >= 15 is 0 Å². The van der Waals surface area contributed by atoms with Crippen LogP contribution in [0.3, 0.4) is 0 Å². The number of esters is 2. The smallest absolute Gasteiger partial charge is 0.354 e. The number of rotatable bonds is 6. The zero-order valence-electron chi connectivity index (χ0n) is 14.7. The van der Waals surface area contributed by atoms with Gasteiger partial charge in [-0.1, -0.05) is 0 Å². The molecule has 140 valence electrons. The molecule has 0 amide bonds. The van der Waals surface area contributed by atoms with Gasteiger partial charge in [0.05, 0.1) is 25.2 Å². The van der Waals surface area contributed by atoms with Crippen LogP contribution in [0.1, 0.15) is 19.3 Å². The van der Waals surface area contributed by atoms with Crippen molar-refractivity contribution in [3.63, 3.8) is 0 Å². The second-order valence-electron chi connectivity index (χ2n) is 5.71. The molecule has 0 unspecified atom stereocenters. The Morgan fingerprint density at radius 3 is 2.46 bits per heavy atom. The fraction of sp³-hybridized carbons (Fsp3) is 0.412. The summed E-state index contributed by atoms with van der Waals surface area (Å²) in [6.45, 7) is 1.53. The Hall–Kier alpha value is -3.10. The van der Waals surface area contributed by atoms with E-state index in [9.17, 15) is 19.7 Å².